The molecule has 0 aliphatic rings. The van der Waals surface area contributed by atoms with E-state index in [4.69, 9.17) is 0 Å². The third-order valence-corrected chi connectivity index (χ3v) is 23.0. The summed E-state index contributed by atoms with van der Waals surface area (Å²) in [7, 11) is 0. The van der Waals surface area contributed by atoms with Crippen molar-refractivity contribution in [2.75, 3.05) is 0 Å². The molecular weight excluding hydrogens is 360 g/mol. The van der Waals surface area contributed by atoms with E-state index in [9.17, 15) is 0 Å². The van der Waals surface area contributed by atoms with Crippen molar-refractivity contribution in [1.82, 2.24) is 0 Å². The van der Waals surface area contributed by atoms with Gasteiger partial charge in [0.05, 0.1) is 0 Å². The van der Waals surface area contributed by atoms with Crippen molar-refractivity contribution in [3.63, 3.8) is 0 Å². The Morgan fingerprint density at radius 2 is 1.12 bits per heavy atom. The van der Waals surface area contributed by atoms with Crippen LogP contribution in [0.4, 0.5) is 0 Å². The molecule has 0 atom stereocenters. The monoisotopic (exact) mass is 368 g/mol. The summed E-state index contributed by atoms with van der Waals surface area (Å²) in [4.78, 5) is 0. The summed E-state index contributed by atoms with van der Waals surface area (Å²) in [6.45, 7) is 0. The molecule has 0 fully saturated rings. The Balaban J connectivity index is 4.02. The van der Waals surface area contributed by atoms with E-state index in [1.165, 1.54) is 0 Å². The third kappa shape index (κ3) is 3.23. The van der Waals surface area contributed by atoms with E-state index in [0.29, 0.717) is 0 Å². The summed E-state index contributed by atoms with van der Waals surface area (Å²) in [6, 6.07) is 0. The van der Waals surface area contributed by atoms with Crippen molar-refractivity contribution in [2.24, 2.45) is 0 Å². The molecule has 0 bridgehead atoms. The molecule has 0 aromatic rings. The first-order valence-corrected chi connectivity index (χ1v) is 12.0. The van der Waals surface area contributed by atoms with Crippen molar-refractivity contribution in [1.29, 1.82) is 0 Å². The zero-order chi connectivity index (χ0) is 7.00. The van der Waals surface area contributed by atoms with Gasteiger partial charge in [0, 0.05) is 0 Å². The van der Waals surface area contributed by atoms with E-state index in [2.05, 4.69) is 65.1 Å². The molecule has 8 heavy (non-hydrogen) atoms. The average molecular weight is 369 g/mol. The van der Waals surface area contributed by atoms with Crippen molar-refractivity contribution in [3.05, 3.63) is 0 Å². The molecule has 0 amide bonds. The van der Waals surface area contributed by atoms with Gasteiger partial charge in [0.15, 0.2) is 0 Å². The van der Waals surface area contributed by atoms with Crippen LogP contribution in [0.3, 0.4) is 0 Å². The summed E-state index contributed by atoms with van der Waals surface area (Å²) in [5.41, 5.74) is 0. The molecule has 0 rings (SSSR count). The number of rotatable bonds is 0. The van der Waals surface area contributed by atoms with Gasteiger partial charge in [-0.15, -0.1) is 0 Å². The van der Waals surface area contributed by atoms with E-state index in [0.717, 1.165) is 0 Å². The quantitative estimate of drug-likeness (QED) is 0.451. The maximum absolute atomic E-state index is 3.52. The molecule has 0 aromatic carbocycles. The Bertz CT molecular complexity index is 66.3. The summed E-state index contributed by atoms with van der Waals surface area (Å²) in [5, 5.41) is 0. The second-order valence-electron chi connectivity index (χ2n) is 2.75. The van der Waals surface area contributed by atoms with Gasteiger partial charge in [0.1, 0.15) is 0 Å². The summed E-state index contributed by atoms with van der Waals surface area (Å²) < 4.78 is 0.0625. The van der Waals surface area contributed by atoms with Gasteiger partial charge in [-0.05, 0) is 0 Å². The molecule has 0 aliphatic heterocycles. The molecule has 0 unspecified atom stereocenters. The van der Waals surface area contributed by atoms with Crippen LogP contribution >= 0.6 is 47.8 Å². The molecule has 0 N–H and O–H groups in total. The predicted molar refractivity (Wildman–Crippen MR) is 52.9 cm³/mol. The fourth-order valence-corrected chi connectivity index (χ4v) is 0. The Morgan fingerprint density at radius 3 is 1.12 bits per heavy atom. The number of hydrogen-bond acceptors (Lipinski definition) is 0. The number of halogens is 3. The van der Waals surface area contributed by atoms with Crippen LogP contribution in [0, 0.1) is 0 Å². The molecule has 0 radical (unpaired) electrons. The normalized spacial score (nSPS) is 14.2. The molecule has 0 heterocycles. The van der Waals surface area contributed by atoms with Crippen LogP contribution in [0.15, 0.2) is 0 Å². The van der Waals surface area contributed by atoms with E-state index in [-0.39, 0.29) is 0.975 Å². The predicted octanol–water partition coefficient (Wildman–Crippen LogP) is 3.70. The van der Waals surface area contributed by atoms with Gasteiger partial charge < -0.3 is 0 Å². The summed E-state index contributed by atoms with van der Waals surface area (Å²) >= 11 is 8.98. The van der Waals surface area contributed by atoms with Crippen molar-refractivity contribution in [3.8, 4) is 0 Å². The minimum atomic E-state index is -1.56. The Kier molecular flexibility index (Phi) is 3.65. The van der Waals surface area contributed by atoms with Crippen LogP contribution in [-0.2, 0) is 0 Å². The van der Waals surface area contributed by atoms with Crippen molar-refractivity contribution in [2.45, 2.75) is 18.2 Å². The van der Waals surface area contributed by atoms with Crippen molar-refractivity contribution >= 4 is 61.1 Å². The molecule has 0 nitrogen and oxygen atoms in total. The first kappa shape index (κ1) is 9.98. The van der Waals surface area contributed by atoms with Crippen LogP contribution in [0.2, 0.25) is 17.3 Å². The van der Waals surface area contributed by atoms with E-state index < -0.39 is 13.3 Å². The Labute approximate surface area is 78.5 Å². The number of hydrogen-bond donors (Lipinski definition) is 0. The molecule has 50 valence electrons. The molecule has 0 saturated carbocycles. The van der Waals surface area contributed by atoms with Crippen LogP contribution in [0.25, 0.3) is 0 Å². The summed E-state index contributed by atoms with van der Waals surface area (Å²) in [5.74, 6) is 6.95. The Morgan fingerprint density at radius 1 is 1.00 bits per heavy atom. The first-order valence-electron chi connectivity index (χ1n) is 2.32. The van der Waals surface area contributed by atoms with Gasteiger partial charge in [0.2, 0.25) is 0 Å². The number of alkyl halides is 3. The molecule has 0 spiro atoms. The van der Waals surface area contributed by atoms with Gasteiger partial charge in [0.25, 0.3) is 0 Å². The van der Waals surface area contributed by atoms with Gasteiger partial charge in [-0.25, -0.2) is 0 Å². The second-order valence-corrected chi connectivity index (χ2v) is 25.1. The van der Waals surface area contributed by atoms with Crippen LogP contribution in [-0.4, -0.2) is 14.2 Å². The van der Waals surface area contributed by atoms with Gasteiger partial charge in [-0.1, -0.05) is 0 Å². The molecule has 0 aromatic heterocycles. The first-order chi connectivity index (χ1) is 3.25. The van der Waals surface area contributed by atoms with E-state index in [1.807, 2.05) is 0 Å². The van der Waals surface area contributed by atoms with Crippen LogP contribution < -0.4 is 0 Å². The van der Waals surface area contributed by atoms with Gasteiger partial charge in [-0.2, -0.15) is 0 Å². The van der Waals surface area contributed by atoms with Gasteiger partial charge >= 0.3 is 79.3 Å². The van der Waals surface area contributed by atoms with E-state index in [1.54, 1.807) is 0 Å². The van der Waals surface area contributed by atoms with Gasteiger partial charge in [-0.3, -0.25) is 0 Å². The Hall–Kier alpha value is 1.98. The maximum atomic E-state index is 3.52. The zero-order valence-electron chi connectivity index (χ0n) is 5.13. The standard InChI is InChI=1S/C4H9Br3Ge/c1-8(2,3)4(5,6)7/h1-3H3. The van der Waals surface area contributed by atoms with Crippen LogP contribution in [0.5, 0.6) is 0 Å². The SMILES string of the molecule is [CH3][Ge]([CH3])([CH3])[C](Br)(Br)Br. The minimum absolute atomic E-state index is 0.0625. The fraction of sp³-hybridized carbons (Fsp3) is 1.00. The molecule has 0 aliphatic carbocycles. The third-order valence-electron chi connectivity index (χ3n) is 0.850. The average Bonchev–Trinajstić information content (AvgIpc) is 1.25. The van der Waals surface area contributed by atoms with Crippen molar-refractivity contribution < 1.29 is 0 Å². The molecule has 0 saturated heterocycles. The fourth-order valence-electron chi connectivity index (χ4n) is 0. The molecular formula is C4H9Br3Ge. The zero-order valence-corrected chi connectivity index (χ0v) is 12.0. The topological polar surface area (TPSA) is 0 Å². The molecule has 4 heteroatoms. The summed E-state index contributed by atoms with van der Waals surface area (Å²) in [6.07, 6.45) is 0. The van der Waals surface area contributed by atoms with Crippen LogP contribution in [0.1, 0.15) is 0 Å². The van der Waals surface area contributed by atoms with E-state index >= 15 is 0 Å². The second kappa shape index (κ2) is 2.93.